The zero-order chi connectivity index (χ0) is 19.2. The lowest BCUT2D eigenvalue weighted by Gasteiger charge is -2.25. The van der Waals surface area contributed by atoms with Crippen molar-refractivity contribution in [2.75, 3.05) is 20.7 Å². The maximum Gasteiger partial charge on any atom is 0.191 e. The highest BCUT2D eigenvalue weighted by Gasteiger charge is 2.22. The average molecular weight is 498 g/mol. The summed E-state index contributed by atoms with van der Waals surface area (Å²) in [4.78, 5) is 8.89. The molecule has 1 aromatic carbocycles. The number of hydrogen-bond donors (Lipinski definition) is 2. The standard InChI is InChI=1S/C20H30N6O.HI/c1-14-9-15(2)11-16(10-14)7-8-22-20(21-3)23-17-5-6-19-24-18(13-27-4)25-26(19)12-17;/h9-11,17H,5-8,12-13H2,1-4H3,(H2,21,22,23);1H. The number of ether oxygens (including phenoxy) is 1. The van der Waals surface area contributed by atoms with Gasteiger partial charge in [0.1, 0.15) is 12.4 Å². The number of methoxy groups -OCH3 is 1. The monoisotopic (exact) mass is 498 g/mol. The van der Waals surface area contributed by atoms with Crippen LogP contribution in [-0.4, -0.2) is 47.5 Å². The third-order valence-corrected chi connectivity index (χ3v) is 4.73. The van der Waals surface area contributed by atoms with Gasteiger partial charge in [-0.2, -0.15) is 5.10 Å². The Bertz CT molecular complexity index is 784. The van der Waals surface area contributed by atoms with E-state index < -0.39 is 0 Å². The third-order valence-electron chi connectivity index (χ3n) is 4.73. The van der Waals surface area contributed by atoms with Crippen molar-refractivity contribution in [3.05, 3.63) is 46.5 Å². The maximum absolute atomic E-state index is 5.13. The summed E-state index contributed by atoms with van der Waals surface area (Å²) in [5, 5.41) is 11.5. The van der Waals surface area contributed by atoms with Gasteiger partial charge in [-0.15, -0.1) is 24.0 Å². The SMILES string of the molecule is CN=C(NCCc1cc(C)cc(C)c1)NC1CCc2nc(COC)nn2C1.I. The summed E-state index contributed by atoms with van der Waals surface area (Å²) in [6, 6.07) is 6.99. The number of aliphatic imine (C=N–C) groups is 1. The van der Waals surface area contributed by atoms with Gasteiger partial charge < -0.3 is 15.4 Å². The molecular formula is C20H31IN6O. The molecule has 7 nitrogen and oxygen atoms in total. The first-order chi connectivity index (χ1) is 13.1. The van der Waals surface area contributed by atoms with Crippen LogP contribution < -0.4 is 10.6 Å². The van der Waals surface area contributed by atoms with Gasteiger partial charge >= 0.3 is 0 Å². The average Bonchev–Trinajstić information content (AvgIpc) is 3.02. The van der Waals surface area contributed by atoms with E-state index in [1.807, 2.05) is 11.7 Å². The molecule has 0 saturated heterocycles. The summed E-state index contributed by atoms with van der Waals surface area (Å²) in [5.74, 6) is 2.63. The molecule has 1 aliphatic heterocycles. The molecule has 2 heterocycles. The molecule has 0 saturated carbocycles. The van der Waals surface area contributed by atoms with Crippen molar-refractivity contribution in [2.24, 2.45) is 4.99 Å². The van der Waals surface area contributed by atoms with E-state index in [0.717, 1.165) is 50.0 Å². The zero-order valence-corrected chi connectivity index (χ0v) is 19.5. The third kappa shape index (κ3) is 6.16. The topological polar surface area (TPSA) is 76.4 Å². The molecule has 154 valence electrons. The van der Waals surface area contributed by atoms with Gasteiger partial charge in [-0.1, -0.05) is 29.3 Å². The fourth-order valence-electron chi connectivity index (χ4n) is 3.60. The van der Waals surface area contributed by atoms with Gasteiger partial charge in [-0.3, -0.25) is 4.99 Å². The van der Waals surface area contributed by atoms with E-state index in [9.17, 15) is 0 Å². The van der Waals surface area contributed by atoms with Crippen molar-refractivity contribution in [3.8, 4) is 0 Å². The predicted octanol–water partition coefficient (Wildman–Crippen LogP) is 2.38. The van der Waals surface area contributed by atoms with Gasteiger partial charge in [0.2, 0.25) is 0 Å². The number of guanidine groups is 1. The van der Waals surface area contributed by atoms with Crippen LogP contribution in [0.5, 0.6) is 0 Å². The van der Waals surface area contributed by atoms with Crippen LogP contribution in [0.25, 0.3) is 0 Å². The van der Waals surface area contributed by atoms with Crippen LogP contribution in [0.1, 0.15) is 34.8 Å². The highest BCUT2D eigenvalue weighted by atomic mass is 127. The van der Waals surface area contributed by atoms with Gasteiger partial charge in [0.05, 0.1) is 6.54 Å². The van der Waals surface area contributed by atoms with E-state index in [2.05, 4.69) is 57.8 Å². The maximum atomic E-state index is 5.13. The van der Waals surface area contributed by atoms with Crippen LogP contribution >= 0.6 is 24.0 Å². The molecule has 0 radical (unpaired) electrons. The second-order valence-electron chi connectivity index (χ2n) is 7.18. The number of aryl methyl sites for hydroxylation is 3. The van der Waals surface area contributed by atoms with E-state index in [0.29, 0.717) is 12.6 Å². The minimum atomic E-state index is 0. The second-order valence-corrected chi connectivity index (χ2v) is 7.18. The summed E-state index contributed by atoms with van der Waals surface area (Å²) in [5.41, 5.74) is 3.98. The van der Waals surface area contributed by atoms with Crippen molar-refractivity contribution in [2.45, 2.75) is 52.3 Å². The van der Waals surface area contributed by atoms with Crippen molar-refractivity contribution in [1.29, 1.82) is 0 Å². The Morgan fingerprint density at radius 1 is 1.29 bits per heavy atom. The number of hydrogen-bond acceptors (Lipinski definition) is 4. The largest absolute Gasteiger partial charge is 0.377 e. The van der Waals surface area contributed by atoms with Crippen LogP contribution in [0, 0.1) is 13.8 Å². The molecule has 3 rings (SSSR count). The van der Waals surface area contributed by atoms with Crippen LogP contribution in [0.4, 0.5) is 0 Å². The van der Waals surface area contributed by atoms with Crippen LogP contribution in [-0.2, 0) is 30.7 Å². The molecule has 2 N–H and O–H groups in total. The Kier molecular flexibility index (Phi) is 8.68. The van der Waals surface area contributed by atoms with Crippen molar-refractivity contribution >= 4 is 29.9 Å². The molecule has 0 amide bonds. The lowest BCUT2D eigenvalue weighted by atomic mass is 10.1. The molecule has 1 atom stereocenters. The van der Waals surface area contributed by atoms with Crippen molar-refractivity contribution in [1.82, 2.24) is 25.4 Å². The number of fused-ring (bicyclic) bond motifs is 1. The lowest BCUT2D eigenvalue weighted by molar-refractivity contribution is 0.177. The number of benzene rings is 1. The Labute approximate surface area is 184 Å². The molecular weight excluding hydrogens is 467 g/mol. The van der Waals surface area contributed by atoms with E-state index in [4.69, 9.17) is 4.74 Å². The van der Waals surface area contributed by atoms with Crippen molar-refractivity contribution in [3.63, 3.8) is 0 Å². The van der Waals surface area contributed by atoms with Gasteiger partial charge in [0.25, 0.3) is 0 Å². The van der Waals surface area contributed by atoms with Gasteiger partial charge in [0.15, 0.2) is 11.8 Å². The van der Waals surface area contributed by atoms with E-state index in [-0.39, 0.29) is 24.0 Å². The first-order valence-electron chi connectivity index (χ1n) is 9.53. The lowest BCUT2D eigenvalue weighted by Crippen LogP contribution is -2.47. The van der Waals surface area contributed by atoms with Gasteiger partial charge in [-0.05, 0) is 32.3 Å². The van der Waals surface area contributed by atoms with Crippen molar-refractivity contribution < 1.29 is 4.74 Å². The number of rotatable bonds is 6. The first kappa shape index (κ1) is 22.6. The van der Waals surface area contributed by atoms with Gasteiger partial charge in [-0.25, -0.2) is 9.67 Å². The smallest absolute Gasteiger partial charge is 0.191 e. The Balaban J connectivity index is 0.00000280. The van der Waals surface area contributed by atoms with E-state index in [1.54, 1.807) is 7.11 Å². The van der Waals surface area contributed by atoms with Crippen LogP contribution in [0.2, 0.25) is 0 Å². The highest BCUT2D eigenvalue weighted by Crippen LogP contribution is 2.13. The predicted molar refractivity (Wildman–Crippen MR) is 122 cm³/mol. The first-order valence-corrected chi connectivity index (χ1v) is 9.53. The molecule has 0 bridgehead atoms. The molecule has 0 spiro atoms. The molecule has 8 heteroatoms. The quantitative estimate of drug-likeness (QED) is 0.364. The molecule has 28 heavy (non-hydrogen) atoms. The second kappa shape index (κ2) is 10.8. The summed E-state index contributed by atoms with van der Waals surface area (Å²) in [6.45, 7) is 6.39. The summed E-state index contributed by atoms with van der Waals surface area (Å²) in [6.07, 6.45) is 2.90. The zero-order valence-electron chi connectivity index (χ0n) is 17.2. The molecule has 2 aromatic rings. The summed E-state index contributed by atoms with van der Waals surface area (Å²) >= 11 is 0. The fourth-order valence-corrected chi connectivity index (χ4v) is 3.60. The number of halogens is 1. The molecule has 0 aliphatic carbocycles. The number of nitrogens with zero attached hydrogens (tertiary/aromatic N) is 4. The van der Waals surface area contributed by atoms with Crippen LogP contribution in [0.15, 0.2) is 23.2 Å². The molecule has 0 fully saturated rings. The minimum absolute atomic E-state index is 0. The minimum Gasteiger partial charge on any atom is -0.377 e. The van der Waals surface area contributed by atoms with E-state index >= 15 is 0 Å². The normalized spacial score (nSPS) is 16.3. The Morgan fingerprint density at radius 2 is 2.04 bits per heavy atom. The summed E-state index contributed by atoms with van der Waals surface area (Å²) < 4.78 is 7.11. The van der Waals surface area contributed by atoms with Gasteiger partial charge in [0, 0.05) is 33.2 Å². The van der Waals surface area contributed by atoms with E-state index in [1.165, 1.54) is 16.7 Å². The molecule has 1 unspecified atom stereocenters. The Morgan fingerprint density at radius 3 is 2.71 bits per heavy atom. The number of aromatic nitrogens is 3. The Hall–Kier alpha value is -1.68. The molecule has 1 aromatic heterocycles. The molecule has 1 aliphatic rings. The van der Waals surface area contributed by atoms with Crippen LogP contribution in [0.3, 0.4) is 0 Å². The fraction of sp³-hybridized carbons (Fsp3) is 0.550. The summed E-state index contributed by atoms with van der Waals surface area (Å²) in [7, 11) is 3.48. The highest BCUT2D eigenvalue weighted by molar-refractivity contribution is 14.0. The number of nitrogens with one attached hydrogen (secondary N) is 2.